The molecule has 7 heteroatoms. The van der Waals surface area contributed by atoms with Crippen LogP contribution >= 0.6 is 0 Å². The first-order valence-corrected chi connectivity index (χ1v) is 6.02. The molecule has 0 aliphatic carbocycles. The second-order valence-corrected chi connectivity index (χ2v) is 4.42. The number of para-hydroxylation sites is 2. The standard InChI is InChI=1S/C14H9F4N3/c15-10-6-5-8(7-9(10)14(16,17)18)19-13-20-11-3-1-2-4-12(11)21-13/h1-7H,(H2,19,20,21). The van der Waals surface area contributed by atoms with E-state index in [0.29, 0.717) is 11.6 Å². The van der Waals surface area contributed by atoms with Crippen molar-refractivity contribution in [3.05, 3.63) is 53.8 Å². The van der Waals surface area contributed by atoms with Gasteiger partial charge >= 0.3 is 6.18 Å². The van der Waals surface area contributed by atoms with Crippen LogP contribution in [0.4, 0.5) is 29.2 Å². The molecule has 3 rings (SSSR count). The monoisotopic (exact) mass is 295 g/mol. The highest BCUT2D eigenvalue weighted by Gasteiger charge is 2.34. The topological polar surface area (TPSA) is 40.7 Å². The van der Waals surface area contributed by atoms with Crippen molar-refractivity contribution in [1.29, 1.82) is 0 Å². The van der Waals surface area contributed by atoms with Gasteiger partial charge in [-0.25, -0.2) is 9.37 Å². The molecule has 2 aromatic carbocycles. The van der Waals surface area contributed by atoms with Gasteiger partial charge in [0.15, 0.2) is 0 Å². The van der Waals surface area contributed by atoms with Crippen LogP contribution in [0, 0.1) is 5.82 Å². The van der Waals surface area contributed by atoms with E-state index in [4.69, 9.17) is 0 Å². The van der Waals surface area contributed by atoms with Crippen LogP contribution in [0.2, 0.25) is 0 Å². The van der Waals surface area contributed by atoms with Crippen LogP contribution < -0.4 is 5.32 Å². The van der Waals surface area contributed by atoms with Crippen molar-refractivity contribution < 1.29 is 17.6 Å². The van der Waals surface area contributed by atoms with Gasteiger partial charge in [0.1, 0.15) is 5.82 Å². The van der Waals surface area contributed by atoms with Gasteiger partial charge in [0.05, 0.1) is 16.6 Å². The summed E-state index contributed by atoms with van der Waals surface area (Å²) in [5.74, 6) is -1.02. The van der Waals surface area contributed by atoms with E-state index in [1.54, 1.807) is 18.2 Å². The second-order valence-electron chi connectivity index (χ2n) is 4.42. The largest absolute Gasteiger partial charge is 0.419 e. The second kappa shape index (κ2) is 4.76. The van der Waals surface area contributed by atoms with Crippen LogP contribution in [-0.2, 0) is 6.18 Å². The number of hydrogen-bond acceptors (Lipinski definition) is 2. The minimum atomic E-state index is -4.74. The first-order chi connectivity index (χ1) is 9.93. The molecule has 0 atom stereocenters. The third kappa shape index (κ3) is 2.67. The fourth-order valence-corrected chi connectivity index (χ4v) is 1.97. The van der Waals surface area contributed by atoms with E-state index < -0.39 is 17.6 Å². The van der Waals surface area contributed by atoms with E-state index in [1.807, 2.05) is 6.07 Å². The molecule has 0 bridgehead atoms. The highest BCUT2D eigenvalue weighted by Crippen LogP contribution is 2.33. The number of nitrogens with zero attached hydrogens (tertiary/aromatic N) is 1. The molecule has 0 radical (unpaired) electrons. The van der Waals surface area contributed by atoms with Crippen LogP contribution in [0.5, 0.6) is 0 Å². The number of benzene rings is 2. The van der Waals surface area contributed by atoms with Crippen LogP contribution in [0.25, 0.3) is 11.0 Å². The molecule has 0 aliphatic heterocycles. The molecule has 108 valence electrons. The predicted octanol–water partition coefficient (Wildman–Crippen LogP) is 4.46. The van der Waals surface area contributed by atoms with Crippen molar-refractivity contribution in [2.75, 3.05) is 5.32 Å². The number of halogens is 4. The molecular formula is C14H9F4N3. The summed E-state index contributed by atoms with van der Waals surface area (Å²) in [6.07, 6.45) is -4.74. The maximum atomic E-state index is 13.2. The normalized spacial score (nSPS) is 11.8. The van der Waals surface area contributed by atoms with E-state index in [-0.39, 0.29) is 11.6 Å². The van der Waals surface area contributed by atoms with Gasteiger partial charge in [-0.05, 0) is 30.3 Å². The first-order valence-electron chi connectivity index (χ1n) is 6.02. The number of H-pyrrole nitrogens is 1. The summed E-state index contributed by atoms with van der Waals surface area (Å²) in [5, 5.41) is 2.70. The zero-order valence-electron chi connectivity index (χ0n) is 10.5. The number of hydrogen-bond donors (Lipinski definition) is 2. The highest BCUT2D eigenvalue weighted by molar-refractivity contribution is 5.78. The zero-order chi connectivity index (χ0) is 15.0. The third-order valence-electron chi connectivity index (χ3n) is 2.92. The lowest BCUT2D eigenvalue weighted by molar-refractivity contribution is -0.139. The lowest BCUT2D eigenvalue weighted by Crippen LogP contribution is -2.08. The molecule has 0 fully saturated rings. The SMILES string of the molecule is Fc1ccc(Nc2nc3ccccc3[nH]2)cc1C(F)(F)F. The van der Waals surface area contributed by atoms with Gasteiger partial charge in [-0.1, -0.05) is 12.1 Å². The lowest BCUT2D eigenvalue weighted by Gasteiger charge is -2.10. The molecular weight excluding hydrogens is 286 g/mol. The van der Waals surface area contributed by atoms with Crippen LogP contribution in [0.3, 0.4) is 0 Å². The van der Waals surface area contributed by atoms with Crippen molar-refractivity contribution in [1.82, 2.24) is 9.97 Å². The van der Waals surface area contributed by atoms with Gasteiger partial charge in [0.2, 0.25) is 5.95 Å². The number of aromatic nitrogens is 2. The van der Waals surface area contributed by atoms with Crippen molar-refractivity contribution in [3.8, 4) is 0 Å². The Bertz CT molecular complexity index is 759. The number of anilines is 2. The molecule has 0 amide bonds. The van der Waals surface area contributed by atoms with Crippen LogP contribution in [0.1, 0.15) is 5.56 Å². The molecule has 3 aromatic rings. The van der Waals surface area contributed by atoms with Crippen molar-refractivity contribution in [2.24, 2.45) is 0 Å². The molecule has 2 N–H and O–H groups in total. The Morgan fingerprint density at radius 3 is 2.52 bits per heavy atom. The predicted molar refractivity (Wildman–Crippen MR) is 70.8 cm³/mol. The van der Waals surface area contributed by atoms with E-state index >= 15 is 0 Å². The maximum absolute atomic E-state index is 13.2. The number of nitrogens with one attached hydrogen (secondary N) is 2. The Balaban J connectivity index is 1.94. The van der Waals surface area contributed by atoms with Crippen molar-refractivity contribution >= 4 is 22.7 Å². The Morgan fingerprint density at radius 2 is 1.81 bits per heavy atom. The first kappa shape index (κ1) is 13.4. The fourth-order valence-electron chi connectivity index (χ4n) is 1.97. The van der Waals surface area contributed by atoms with Crippen molar-refractivity contribution in [2.45, 2.75) is 6.18 Å². The van der Waals surface area contributed by atoms with E-state index in [0.717, 1.165) is 11.6 Å². The van der Waals surface area contributed by atoms with Gasteiger partial charge in [-0.2, -0.15) is 13.2 Å². The molecule has 1 aromatic heterocycles. The number of fused-ring (bicyclic) bond motifs is 1. The summed E-state index contributed by atoms with van der Waals surface area (Å²) in [6, 6.07) is 9.87. The molecule has 0 unspecified atom stereocenters. The molecule has 0 spiro atoms. The minimum Gasteiger partial charge on any atom is -0.326 e. The molecule has 0 saturated carbocycles. The molecule has 0 aliphatic rings. The zero-order valence-corrected chi connectivity index (χ0v) is 10.5. The molecule has 21 heavy (non-hydrogen) atoms. The van der Waals surface area contributed by atoms with E-state index in [9.17, 15) is 17.6 Å². The smallest absolute Gasteiger partial charge is 0.326 e. The fraction of sp³-hybridized carbons (Fsp3) is 0.0714. The Kier molecular flexibility index (Phi) is 3.04. The number of rotatable bonds is 2. The number of imidazole rings is 1. The Morgan fingerprint density at radius 1 is 1.05 bits per heavy atom. The quantitative estimate of drug-likeness (QED) is 0.685. The van der Waals surface area contributed by atoms with Crippen LogP contribution in [-0.4, -0.2) is 9.97 Å². The maximum Gasteiger partial charge on any atom is 0.419 e. The van der Waals surface area contributed by atoms with Gasteiger partial charge in [-0.15, -0.1) is 0 Å². The average Bonchev–Trinajstić information content (AvgIpc) is 2.82. The summed E-state index contributed by atoms with van der Waals surface area (Å²) < 4.78 is 51.1. The summed E-state index contributed by atoms with van der Waals surface area (Å²) in [4.78, 5) is 7.10. The number of alkyl halides is 3. The lowest BCUT2D eigenvalue weighted by atomic mass is 10.2. The molecule has 0 saturated heterocycles. The van der Waals surface area contributed by atoms with Gasteiger partial charge in [0, 0.05) is 5.69 Å². The third-order valence-corrected chi connectivity index (χ3v) is 2.92. The summed E-state index contributed by atoms with van der Waals surface area (Å²) in [7, 11) is 0. The van der Waals surface area contributed by atoms with Gasteiger partial charge < -0.3 is 10.3 Å². The van der Waals surface area contributed by atoms with Gasteiger partial charge in [-0.3, -0.25) is 0 Å². The number of aromatic amines is 1. The van der Waals surface area contributed by atoms with Crippen LogP contribution in [0.15, 0.2) is 42.5 Å². The molecule has 3 nitrogen and oxygen atoms in total. The van der Waals surface area contributed by atoms with E-state index in [2.05, 4.69) is 15.3 Å². The average molecular weight is 295 g/mol. The summed E-state index contributed by atoms with van der Waals surface area (Å²) in [6.45, 7) is 0. The highest BCUT2D eigenvalue weighted by atomic mass is 19.4. The van der Waals surface area contributed by atoms with E-state index in [1.165, 1.54) is 6.07 Å². The molecule has 1 heterocycles. The summed E-state index contributed by atoms with van der Waals surface area (Å²) in [5.41, 5.74) is 0.211. The Labute approximate surface area is 116 Å². The van der Waals surface area contributed by atoms with Crippen molar-refractivity contribution in [3.63, 3.8) is 0 Å². The Hall–Kier alpha value is -2.57. The van der Waals surface area contributed by atoms with Gasteiger partial charge in [0.25, 0.3) is 0 Å². The minimum absolute atomic E-state index is 0.0998. The summed E-state index contributed by atoms with van der Waals surface area (Å²) >= 11 is 0.